The van der Waals surface area contributed by atoms with E-state index in [2.05, 4.69) is 4.84 Å². The van der Waals surface area contributed by atoms with Crippen molar-refractivity contribution in [1.29, 1.82) is 0 Å². The smallest absolute Gasteiger partial charge is 0.138 e. The molecule has 0 saturated carbocycles. The van der Waals surface area contributed by atoms with E-state index < -0.39 is 0 Å². The van der Waals surface area contributed by atoms with Crippen LogP contribution in [0.4, 0.5) is 0 Å². The lowest BCUT2D eigenvalue weighted by Crippen LogP contribution is -2.06. The highest BCUT2D eigenvalue weighted by molar-refractivity contribution is 6.32. The van der Waals surface area contributed by atoms with Gasteiger partial charge in [-0.2, -0.15) is 0 Å². The monoisotopic (exact) mass is 215 g/mol. The molecule has 0 aliphatic heterocycles. The first-order chi connectivity index (χ1) is 6.74. The molecule has 1 aromatic carbocycles. The van der Waals surface area contributed by atoms with E-state index in [9.17, 15) is 0 Å². The molecule has 1 aromatic rings. The first kappa shape index (κ1) is 11.3. The van der Waals surface area contributed by atoms with Crippen molar-refractivity contribution in [3.8, 4) is 5.75 Å². The van der Waals surface area contributed by atoms with Crippen LogP contribution in [0.2, 0.25) is 5.02 Å². The highest BCUT2D eigenvalue weighted by Gasteiger charge is 2.00. The molecule has 0 aliphatic carbocycles. The van der Waals surface area contributed by atoms with Gasteiger partial charge in [0.15, 0.2) is 0 Å². The fourth-order valence-corrected chi connectivity index (χ4v) is 1.22. The van der Waals surface area contributed by atoms with Gasteiger partial charge in [0.2, 0.25) is 0 Å². The molecule has 0 atom stereocenters. The Morgan fingerprint density at radius 3 is 2.86 bits per heavy atom. The number of rotatable bonds is 5. The summed E-state index contributed by atoms with van der Waals surface area (Å²) < 4.78 is 5.45. The number of hydrogen-bond donors (Lipinski definition) is 1. The van der Waals surface area contributed by atoms with Crippen LogP contribution in [-0.4, -0.2) is 13.2 Å². The van der Waals surface area contributed by atoms with E-state index in [4.69, 9.17) is 22.2 Å². The van der Waals surface area contributed by atoms with E-state index in [1.165, 1.54) is 0 Å². The fraction of sp³-hybridized carbons (Fsp3) is 0.400. The second-order valence-corrected chi connectivity index (χ2v) is 3.41. The van der Waals surface area contributed by atoms with Gasteiger partial charge < -0.3 is 9.57 Å². The average Bonchev–Trinajstić information content (AvgIpc) is 2.18. The standard InChI is InChI=1S/C10H14ClNO2/c1-8-3-4-9(11)10(7-8)13-5-2-6-14-12/h3-4,7H,2,5-6,12H2,1H3. The third-order valence-corrected chi connectivity index (χ3v) is 2.06. The maximum atomic E-state index is 5.93. The van der Waals surface area contributed by atoms with Gasteiger partial charge in [0.1, 0.15) is 5.75 Å². The molecule has 0 radical (unpaired) electrons. The van der Waals surface area contributed by atoms with Crippen LogP contribution in [0.1, 0.15) is 12.0 Å². The summed E-state index contributed by atoms with van der Waals surface area (Å²) in [5.74, 6) is 5.59. The van der Waals surface area contributed by atoms with Crippen molar-refractivity contribution in [2.45, 2.75) is 13.3 Å². The molecule has 0 heterocycles. The molecule has 14 heavy (non-hydrogen) atoms. The number of nitrogens with two attached hydrogens (primary N) is 1. The SMILES string of the molecule is Cc1ccc(Cl)c(OCCCON)c1. The summed E-state index contributed by atoms with van der Waals surface area (Å²) in [6.45, 7) is 3.04. The van der Waals surface area contributed by atoms with Crippen molar-refractivity contribution in [2.75, 3.05) is 13.2 Å². The summed E-state index contributed by atoms with van der Waals surface area (Å²) in [4.78, 5) is 4.42. The number of halogens is 1. The average molecular weight is 216 g/mol. The first-order valence-corrected chi connectivity index (χ1v) is 4.82. The van der Waals surface area contributed by atoms with Gasteiger partial charge in [-0.25, -0.2) is 5.90 Å². The van der Waals surface area contributed by atoms with Gasteiger partial charge in [-0.1, -0.05) is 17.7 Å². The molecule has 4 heteroatoms. The van der Waals surface area contributed by atoms with E-state index in [0.29, 0.717) is 24.0 Å². The minimum atomic E-state index is 0.490. The molecule has 0 saturated heterocycles. The van der Waals surface area contributed by atoms with Crippen LogP contribution < -0.4 is 10.6 Å². The number of aryl methyl sites for hydroxylation is 1. The Kier molecular flexibility index (Phi) is 4.73. The summed E-state index contributed by atoms with van der Waals surface area (Å²) in [5.41, 5.74) is 1.12. The fourth-order valence-electron chi connectivity index (χ4n) is 1.05. The largest absolute Gasteiger partial charge is 0.492 e. The van der Waals surface area contributed by atoms with Gasteiger partial charge in [-0.3, -0.25) is 0 Å². The molecule has 3 nitrogen and oxygen atoms in total. The highest BCUT2D eigenvalue weighted by atomic mass is 35.5. The van der Waals surface area contributed by atoms with Crippen LogP contribution in [0, 0.1) is 6.92 Å². The maximum Gasteiger partial charge on any atom is 0.138 e. The third kappa shape index (κ3) is 3.54. The zero-order chi connectivity index (χ0) is 10.4. The Morgan fingerprint density at radius 2 is 2.14 bits per heavy atom. The van der Waals surface area contributed by atoms with Crippen LogP contribution in [-0.2, 0) is 4.84 Å². The van der Waals surface area contributed by atoms with Gasteiger partial charge in [-0.15, -0.1) is 0 Å². The number of ether oxygens (including phenoxy) is 1. The van der Waals surface area contributed by atoms with Crippen molar-refractivity contribution in [3.05, 3.63) is 28.8 Å². The molecule has 0 aromatic heterocycles. The Labute approximate surface area is 88.7 Å². The van der Waals surface area contributed by atoms with E-state index in [1.807, 2.05) is 25.1 Å². The molecule has 78 valence electrons. The third-order valence-electron chi connectivity index (χ3n) is 1.75. The van der Waals surface area contributed by atoms with Gasteiger partial charge in [0.05, 0.1) is 18.2 Å². The molecule has 0 unspecified atom stereocenters. The Balaban J connectivity index is 2.45. The van der Waals surface area contributed by atoms with Crippen LogP contribution in [0.25, 0.3) is 0 Å². The maximum absolute atomic E-state index is 5.93. The lowest BCUT2D eigenvalue weighted by Gasteiger charge is -2.07. The minimum Gasteiger partial charge on any atom is -0.492 e. The highest BCUT2D eigenvalue weighted by Crippen LogP contribution is 2.25. The van der Waals surface area contributed by atoms with Gasteiger partial charge in [-0.05, 0) is 24.6 Å². The Hall–Kier alpha value is -0.770. The van der Waals surface area contributed by atoms with E-state index >= 15 is 0 Å². The van der Waals surface area contributed by atoms with Crippen molar-refractivity contribution >= 4 is 11.6 Å². The van der Waals surface area contributed by atoms with E-state index in [-0.39, 0.29) is 0 Å². The zero-order valence-electron chi connectivity index (χ0n) is 8.13. The predicted octanol–water partition coefficient (Wildman–Crippen LogP) is 2.31. The molecule has 0 bridgehead atoms. The van der Waals surface area contributed by atoms with E-state index in [0.717, 1.165) is 12.0 Å². The van der Waals surface area contributed by atoms with Gasteiger partial charge in [0, 0.05) is 6.42 Å². The number of benzene rings is 1. The predicted molar refractivity (Wildman–Crippen MR) is 56.4 cm³/mol. The quantitative estimate of drug-likeness (QED) is 0.606. The van der Waals surface area contributed by atoms with Crippen LogP contribution in [0.3, 0.4) is 0 Å². The molecule has 0 amide bonds. The summed E-state index contributed by atoms with van der Waals surface area (Å²) in [7, 11) is 0. The lowest BCUT2D eigenvalue weighted by molar-refractivity contribution is 0.122. The van der Waals surface area contributed by atoms with Gasteiger partial charge in [0.25, 0.3) is 0 Å². The summed E-state index contributed by atoms with van der Waals surface area (Å²) >= 11 is 5.93. The molecule has 0 aliphatic rings. The van der Waals surface area contributed by atoms with Crippen LogP contribution >= 0.6 is 11.6 Å². The Bertz CT molecular complexity index is 291. The zero-order valence-corrected chi connectivity index (χ0v) is 8.88. The second kappa shape index (κ2) is 5.86. The molecule has 0 fully saturated rings. The first-order valence-electron chi connectivity index (χ1n) is 4.44. The van der Waals surface area contributed by atoms with Crippen molar-refractivity contribution in [2.24, 2.45) is 5.90 Å². The summed E-state index contributed by atoms with van der Waals surface area (Å²) in [6, 6.07) is 5.68. The van der Waals surface area contributed by atoms with Crippen molar-refractivity contribution in [1.82, 2.24) is 0 Å². The number of hydrogen-bond acceptors (Lipinski definition) is 3. The second-order valence-electron chi connectivity index (χ2n) is 3.01. The molecule has 1 rings (SSSR count). The molecule has 0 spiro atoms. The molecule has 2 N–H and O–H groups in total. The lowest BCUT2D eigenvalue weighted by atomic mass is 10.2. The van der Waals surface area contributed by atoms with Crippen LogP contribution in [0.15, 0.2) is 18.2 Å². The molecular formula is C10H14ClNO2. The summed E-state index contributed by atoms with van der Waals surface area (Å²) in [5, 5.41) is 0.629. The normalized spacial score (nSPS) is 10.2. The van der Waals surface area contributed by atoms with Crippen molar-refractivity contribution < 1.29 is 9.57 Å². The van der Waals surface area contributed by atoms with Crippen molar-refractivity contribution in [3.63, 3.8) is 0 Å². The minimum absolute atomic E-state index is 0.490. The molecular weight excluding hydrogens is 202 g/mol. The topological polar surface area (TPSA) is 44.5 Å². The summed E-state index contributed by atoms with van der Waals surface area (Å²) in [6.07, 6.45) is 0.751. The Morgan fingerprint density at radius 1 is 1.36 bits per heavy atom. The van der Waals surface area contributed by atoms with Gasteiger partial charge >= 0.3 is 0 Å². The van der Waals surface area contributed by atoms with Crippen LogP contribution in [0.5, 0.6) is 5.75 Å². The van der Waals surface area contributed by atoms with E-state index in [1.54, 1.807) is 0 Å².